The minimum atomic E-state index is -5.08. The van der Waals surface area contributed by atoms with Crippen molar-refractivity contribution < 1.29 is 50.9 Å². The van der Waals surface area contributed by atoms with Crippen LogP contribution in [0.2, 0.25) is 0 Å². The van der Waals surface area contributed by atoms with Gasteiger partial charge in [0.1, 0.15) is 0 Å². The molecular weight excluding hydrogens is 570 g/mol. The van der Waals surface area contributed by atoms with Crippen molar-refractivity contribution in [2.75, 3.05) is 32.7 Å². The van der Waals surface area contributed by atoms with Crippen LogP contribution in [0.3, 0.4) is 0 Å². The number of hydrogen-bond donors (Lipinski definition) is 3. The summed E-state index contributed by atoms with van der Waals surface area (Å²) in [5, 5.41) is 17.8. The lowest BCUT2D eigenvalue weighted by molar-refractivity contribution is -0.193. The van der Waals surface area contributed by atoms with E-state index in [1.807, 2.05) is 23.4 Å². The molecule has 4 rings (SSSR count). The van der Waals surface area contributed by atoms with Gasteiger partial charge >= 0.3 is 24.3 Å². The van der Waals surface area contributed by atoms with Gasteiger partial charge in [0.15, 0.2) is 0 Å². The monoisotopic (exact) mass is 598 g/mol. The first-order valence-electron chi connectivity index (χ1n) is 12.0. The van der Waals surface area contributed by atoms with Crippen molar-refractivity contribution in [3.8, 4) is 0 Å². The molecule has 1 unspecified atom stereocenters. The minimum Gasteiger partial charge on any atom is -0.475 e. The zero-order valence-electron chi connectivity index (χ0n) is 21.0. The number of carboxylic acid groups (broad SMARTS) is 2. The third-order valence-corrected chi connectivity index (χ3v) is 6.94. The number of nitrogens with one attached hydrogen (secondary N) is 1. The first-order chi connectivity index (χ1) is 18.7. The molecule has 2 aliphatic heterocycles. The summed E-state index contributed by atoms with van der Waals surface area (Å²) in [5.41, 5.74) is 1.28. The Bertz CT molecular complexity index is 1080. The Balaban J connectivity index is 0.000000333. The number of rotatable bonds is 4. The van der Waals surface area contributed by atoms with Gasteiger partial charge in [-0.1, -0.05) is 0 Å². The summed E-state index contributed by atoms with van der Waals surface area (Å²) >= 11 is 1.67. The van der Waals surface area contributed by atoms with Gasteiger partial charge < -0.3 is 20.4 Å². The van der Waals surface area contributed by atoms with Crippen LogP contribution in [0.15, 0.2) is 36.7 Å². The largest absolute Gasteiger partial charge is 0.490 e. The highest BCUT2D eigenvalue weighted by atomic mass is 32.1. The Morgan fingerprint density at radius 1 is 0.900 bits per heavy atom. The summed E-state index contributed by atoms with van der Waals surface area (Å²) < 4.78 is 63.5. The van der Waals surface area contributed by atoms with Gasteiger partial charge in [-0.25, -0.2) is 9.59 Å². The summed E-state index contributed by atoms with van der Waals surface area (Å²) in [6.45, 7) is 5.63. The summed E-state index contributed by atoms with van der Waals surface area (Å²) in [6.07, 6.45) is -3.04. The Morgan fingerprint density at radius 2 is 1.50 bits per heavy atom. The van der Waals surface area contributed by atoms with Crippen LogP contribution in [0.5, 0.6) is 0 Å². The number of halogens is 6. The molecule has 2 aliphatic rings. The van der Waals surface area contributed by atoms with Crippen molar-refractivity contribution >= 4 is 29.2 Å². The maximum atomic E-state index is 12.9. The number of thiophene rings is 1. The van der Waals surface area contributed by atoms with Gasteiger partial charge in [-0.05, 0) is 55.6 Å². The van der Waals surface area contributed by atoms with Crippen molar-refractivity contribution in [2.24, 2.45) is 0 Å². The van der Waals surface area contributed by atoms with E-state index in [4.69, 9.17) is 19.8 Å². The summed E-state index contributed by atoms with van der Waals surface area (Å²) in [5.74, 6) is -5.31. The minimum absolute atomic E-state index is 0.199. The van der Waals surface area contributed by atoms with Crippen molar-refractivity contribution in [3.05, 3.63) is 52.0 Å². The molecule has 0 radical (unpaired) electrons. The molecule has 0 saturated carbocycles. The highest BCUT2D eigenvalue weighted by Crippen LogP contribution is 2.30. The molecule has 2 aromatic heterocycles. The lowest BCUT2D eigenvalue weighted by atomic mass is 10.2. The maximum absolute atomic E-state index is 12.9. The SMILES string of the molecule is O=C(O)C(F)(F)F.O=C(O)C(F)(F)F.O=C(c1ccc(C2CCCN2)s1)N1CCCN(Cc2ccncc2)CC1. The van der Waals surface area contributed by atoms with E-state index in [0.29, 0.717) is 6.04 Å². The van der Waals surface area contributed by atoms with E-state index in [2.05, 4.69) is 33.4 Å². The van der Waals surface area contributed by atoms with Crippen molar-refractivity contribution in [1.82, 2.24) is 20.1 Å². The number of aliphatic carboxylic acids is 2. The van der Waals surface area contributed by atoms with Gasteiger partial charge in [-0.3, -0.25) is 14.7 Å². The molecule has 1 atom stereocenters. The highest BCUT2D eigenvalue weighted by Gasteiger charge is 2.38. The Labute approximate surface area is 229 Å². The molecule has 0 spiro atoms. The summed E-state index contributed by atoms with van der Waals surface area (Å²) in [6, 6.07) is 8.73. The second-order valence-electron chi connectivity index (χ2n) is 8.73. The number of pyridine rings is 1. The molecule has 1 amide bonds. The van der Waals surface area contributed by atoms with Gasteiger partial charge in [-0.2, -0.15) is 26.3 Å². The molecule has 2 aromatic rings. The second kappa shape index (κ2) is 14.9. The highest BCUT2D eigenvalue weighted by molar-refractivity contribution is 7.14. The zero-order valence-corrected chi connectivity index (χ0v) is 21.9. The van der Waals surface area contributed by atoms with Gasteiger partial charge in [0.25, 0.3) is 5.91 Å². The number of aromatic nitrogens is 1. The van der Waals surface area contributed by atoms with E-state index in [0.717, 1.165) is 50.6 Å². The molecule has 0 bridgehead atoms. The van der Waals surface area contributed by atoms with Crippen molar-refractivity contribution in [3.63, 3.8) is 0 Å². The zero-order chi connectivity index (χ0) is 29.9. The standard InChI is InChI=1S/C20H26N4OS.2C2HF3O2/c25-20(19-5-4-18(26-19)17-3-1-8-22-17)24-12-2-11-23(13-14-24)15-16-6-9-21-10-7-16;2*3-2(4,5)1(6)7/h4-7,9-10,17,22H,1-3,8,11-15H2;2*(H,6,7). The molecule has 16 heteroatoms. The van der Waals surface area contributed by atoms with Crippen LogP contribution < -0.4 is 5.32 Å². The number of amides is 1. The third-order valence-electron chi connectivity index (χ3n) is 5.76. The Morgan fingerprint density at radius 3 is 2.02 bits per heavy atom. The fourth-order valence-corrected chi connectivity index (χ4v) is 4.90. The predicted octanol–water partition coefficient (Wildman–Crippen LogP) is 4.18. The van der Waals surface area contributed by atoms with Crippen LogP contribution in [0.4, 0.5) is 26.3 Å². The molecule has 0 aliphatic carbocycles. The normalized spacial score (nSPS) is 18.1. The average molecular weight is 599 g/mol. The quantitative estimate of drug-likeness (QED) is 0.448. The topological polar surface area (TPSA) is 123 Å². The van der Waals surface area contributed by atoms with E-state index in [1.165, 1.54) is 23.3 Å². The first-order valence-corrected chi connectivity index (χ1v) is 12.8. The number of hydrogen-bond acceptors (Lipinski definition) is 7. The molecule has 4 heterocycles. The number of carbonyl (C=O) groups is 3. The molecular formula is C24H28F6N4O5S. The Hall–Kier alpha value is -3.24. The number of carboxylic acids is 2. The van der Waals surface area contributed by atoms with E-state index in [9.17, 15) is 31.1 Å². The van der Waals surface area contributed by atoms with Gasteiger partial charge in [-0.15, -0.1) is 11.3 Å². The van der Waals surface area contributed by atoms with Crippen LogP contribution in [-0.2, 0) is 16.1 Å². The van der Waals surface area contributed by atoms with E-state index in [1.54, 1.807) is 11.3 Å². The Kier molecular flexibility index (Phi) is 12.3. The van der Waals surface area contributed by atoms with E-state index < -0.39 is 24.3 Å². The first kappa shape index (κ1) is 33.0. The maximum Gasteiger partial charge on any atom is 0.490 e. The van der Waals surface area contributed by atoms with Crippen LogP contribution in [0, 0.1) is 0 Å². The summed E-state index contributed by atoms with van der Waals surface area (Å²) in [4.78, 5) is 41.5. The van der Waals surface area contributed by atoms with Crippen LogP contribution in [0.25, 0.3) is 0 Å². The van der Waals surface area contributed by atoms with Crippen molar-refractivity contribution in [1.29, 1.82) is 0 Å². The van der Waals surface area contributed by atoms with E-state index >= 15 is 0 Å². The third kappa shape index (κ3) is 11.1. The molecule has 0 aromatic carbocycles. The average Bonchev–Trinajstić information content (AvgIpc) is 3.53. The molecule has 40 heavy (non-hydrogen) atoms. The lowest BCUT2D eigenvalue weighted by Gasteiger charge is -2.21. The number of alkyl halides is 6. The smallest absolute Gasteiger partial charge is 0.475 e. The lowest BCUT2D eigenvalue weighted by Crippen LogP contribution is -2.34. The van der Waals surface area contributed by atoms with Crippen LogP contribution >= 0.6 is 11.3 Å². The number of nitrogens with zero attached hydrogens (tertiary/aromatic N) is 3. The summed E-state index contributed by atoms with van der Waals surface area (Å²) in [7, 11) is 0. The molecule has 9 nitrogen and oxygen atoms in total. The van der Waals surface area contributed by atoms with Gasteiger partial charge in [0, 0.05) is 56.0 Å². The number of carbonyl (C=O) groups excluding carboxylic acids is 1. The van der Waals surface area contributed by atoms with Crippen molar-refractivity contribution in [2.45, 2.75) is 44.2 Å². The molecule has 2 saturated heterocycles. The molecule has 3 N–H and O–H groups in total. The van der Waals surface area contributed by atoms with Crippen LogP contribution in [-0.4, -0.2) is 87.9 Å². The predicted molar refractivity (Wildman–Crippen MR) is 132 cm³/mol. The van der Waals surface area contributed by atoms with Gasteiger partial charge in [0.2, 0.25) is 0 Å². The fourth-order valence-electron chi connectivity index (χ4n) is 3.82. The second-order valence-corrected chi connectivity index (χ2v) is 9.85. The van der Waals surface area contributed by atoms with E-state index in [-0.39, 0.29) is 5.91 Å². The fraction of sp³-hybridized carbons (Fsp3) is 0.500. The van der Waals surface area contributed by atoms with Crippen LogP contribution in [0.1, 0.15) is 45.4 Å². The molecule has 222 valence electrons. The van der Waals surface area contributed by atoms with Gasteiger partial charge in [0.05, 0.1) is 4.88 Å². The molecule has 2 fully saturated rings.